The zero-order valence-corrected chi connectivity index (χ0v) is 23.4. The molecular weight excluding hydrogens is 534 g/mol. The zero-order chi connectivity index (χ0) is 27.9. The van der Waals surface area contributed by atoms with Gasteiger partial charge in [-0.25, -0.2) is 9.78 Å². The number of thiazole rings is 1. The fourth-order valence-corrected chi connectivity index (χ4v) is 5.70. The van der Waals surface area contributed by atoms with Gasteiger partial charge >= 0.3 is 5.97 Å². The average molecular weight is 560 g/mol. The number of hydrogen-bond acceptors (Lipinski definition) is 6. The summed E-state index contributed by atoms with van der Waals surface area (Å²) in [6, 6.07) is 16.2. The Morgan fingerprint density at radius 3 is 2.41 bits per heavy atom. The Kier molecular flexibility index (Phi) is 7.11. The summed E-state index contributed by atoms with van der Waals surface area (Å²) in [5.41, 5.74) is 5.16. The fourth-order valence-electron chi connectivity index (χ4n) is 4.45. The maximum Gasteiger partial charge on any atom is 0.337 e. The van der Waals surface area contributed by atoms with Crippen molar-refractivity contribution in [3.05, 3.63) is 93.5 Å². The van der Waals surface area contributed by atoms with Gasteiger partial charge < -0.3 is 14.8 Å². The normalized spacial score (nSPS) is 12.5. The van der Waals surface area contributed by atoms with Gasteiger partial charge in [-0.3, -0.25) is 9.78 Å². The Bertz CT molecular complexity index is 1730. The number of nitrogens with zero attached hydrogens (tertiary/aromatic N) is 2. The molecule has 3 heterocycles. The molecule has 5 rings (SSSR count). The predicted molar refractivity (Wildman–Crippen MR) is 155 cm³/mol. The lowest BCUT2D eigenvalue weighted by atomic mass is 9.91. The van der Waals surface area contributed by atoms with E-state index in [0.29, 0.717) is 16.3 Å². The van der Waals surface area contributed by atoms with Crippen molar-refractivity contribution < 1.29 is 14.6 Å². The van der Waals surface area contributed by atoms with E-state index >= 15 is 0 Å². The molecule has 0 saturated heterocycles. The molecule has 39 heavy (non-hydrogen) atoms. The third-order valence-electron chi connectivity index (χ3n) is 6.11. The summed E-state index contributed by atoms with van der Waals surface area (Å²) in [7, 11) is 0. The molecule has 1 unspecified atom stereocenters. The van der Waals surface area contributed by atoms with Gasteiger partial charge in [0, 0.05) is 45.7 Å². The van der Waals surface area contributed by atoms with Crippen LogP contribution in [0.1, 0.15) is 38.0 Å². The van der Waals surface area contributed by atoms with E-state index in [1.807, 2.05) is 58.0 Å². The molecule has 9 heteroatoms. The van der Waals surface area contributed by atoms with Gasteiger partial charge in [-0.15, -0.1) is 11.3 Å². The Morgan fingerprint density at radius 2 is 1.77 bits per heavy atom. The number of carboxylic acids is 1. The second-order valence-corrected chi connectivity index (χ2v) is 11.6. The second-order valence-electron chi connectivity index (χ2n) is 10.2. The summed E-state index contributed by atoms with van der Waals surface area (Å²) in [6.07, 6.45) is 2.15. The SMILES string of the molecule is Cc1cc2nc(-c3ccnc(-c4ccc(=O)[nH]c4)c3)sc2c(-c2ccc(Cl)cc2)c1C(OC(C)(C)C)C(=O)O. The van der Waals surface area contributed by atoms with Gasteiger partial charge in [-0.1, -0.05) is 23.7 Å². The van der Waals surface area contributed by atoms with Crippen molar-refractivity contribution in [2.45, 2.75) is 39.4 Å². The number of aliphatic carboxylic acids is 1. The van der Waals surface area contributed by atoms with Gasteiger partial charge in [0.2, 0.25) is 5.56 Å². The van der Waals surface area contributed by atoms with Crippen LogP contribution in [-0.2, 0) is 9.53 Å². The first kappa shape index (κ1) is 26.7. The summed E-state index contributed by atoms with van der Waals surface area (Å²) in [5.74, 6) is -1.06. The van der Waals surface area contributed by atoms with Gasteiger partial charge in [0.1, 0.15) is 5.01 Å². The molecule has 0 amide bonds. The number of benzene rings is 2. The van der Waals surface area contributed by atoms with Crippen LogP contribution in [0.15, 0.2) is 71.8 Å². The van der Waals surface area contributed by atoms with Gasteiger partial charge in [0.25, 0.3) is 0 Å². The molecule has 0 bridgehead atoms. The highest BCUT2D eigenvalue weighted by Crippen LogP contribution is 2.44. The molecule has 0 aliphatic rings. The van der Waals surface area contributed by atoms with Crippen LogP contribution < -0.4 is 5.56 Å². The van der Waals surface area contributed by atoms with Crippen molar-refractivity contribution in [1.82, 2.24) is 15.0 Å². The van der Waals surface area contributed by atoms with Gasteiger partial charge in [-0.05, 0) is 75.2 Å². The number of pyridine rings is 2. The largest absolute Gasteiger partial charge is 0.479 e. The molecule has 198 valence electrons. The number of carbonyl (C=O) groups is 1. The van der Waals surface area contributed by atoms with E-state index in [9.17, 15) is 14.7 Å². The molecule has 0 radical (unpaired) electrons. The lowest BCUT2D eigenvalue weighted by molar-refractivity contribution is -0.160. The summed E-state index contributed by atoms with van der Waals surface area (Å²) in [6.45, 7) is 7.41. The summed E-state index contributed by atoms with van der Waals surface area (Å²) >= 11 is 7.67. The van der Waals surface area contributed by atoms with Crippen LogP contribution in [0.4, 0.5) is 0 Å². The maximum absolute atomic E-state index is 12.5. The molecule has 1 atom stereocenters. The van der Waals surface area contributed by atoms with E-state index in [-0.39, 0.29) is 5.56 Å². The Balaban J connectivity index is 1.73. The lowest BCUT2D eigenvalue weighted by Crippen LogP contribution is -2.28. The minimum absolute atomic E-state index is 0.183. The molecule has 0 fully saturated rings. The highest BCUT2D eigenvalue weighted by Gasteiger charge is 2.32. The minimum atomic E-state index is -1.18. The van der Waals surface area contributed by atoms with Crippen molar-refractivity contribution in [2.24, 2.45) is 0 Å². The molecule has 5 aromatic rings. The van der Waals surface area contributed by atoms with Crippen LogP contribution >= 0.6 is 22.9 Å². The first-order chi connectivity index (χ1) is 18.5. The van der Waals surface area contributed by atoms with Crippen LogP contribution in [0.25, 0.3) is 43.2 Å². The molecule has 2 N–H and O–H groups in total. The minimum Gasteiger partial charge on any atom is -0.479 e. The molecule has 0 spiro atoms. The number of aromatic amines is 1. The van der Waals surface area contributed by atoms with E-state index in [1.165, 1.54) is 17.4 Å². The highest BCUT2D eigenvalue weighted by molar-refractivity contribution is 7.22. The summed E-state index contributed by atoms with van der Waals surface area (Å²) < 4.78 is 6.94. The number of nitrogens with one attached hydrogen (secondary N) is 1. The van der Waals surface area contributed by atoms with Crippen LogP contribution in [0.3, 0.4) is 0 Å². The van der Waals surface area contributed by atoms with Crippen molar-refractivity contribution in [3.8, 4) is 33.0 Å². The second kappa shape index (κ2) is 10.4. The first-order valence-electron chi connectivity index (χ1n) is 12.3. The van der Waals surface area contributed by atoms with E-state index < -0.39 is 17.7 Å². The topological polar surface area (TPSA) is 105 Å². The monoisotopic (exact) mass is 559 g/mol. The number of aromatic nitrogens is 3. The number of aryl methyl sites for hydroxylation is 1. The summed E-state index contributed by atoms with van der Waals surface area (Å²) in [5, 5.41) is 11.6. The van der Waals surface area contributed by atoms with E-state index in [0.717, 1.165) is 43.0 Å². The zero-order valence-electron chi connectivity index (χ0n) is 21.8. The highest BCUT2D eigenvalue weighted by atomic mass is 35.5. The summed E-state index contributed by atoms with van der Waals surface area (Å²) in [4.78, 5) is 36.1. The van der Waals surface area contributed by atoms with Gasteiger partial charge in [0.05, 0.1) is 21.5 Å². The van der Waals surface area contributed by atoms with Crippen LogP contribution in [0, 0.1) is 6.92 Å². The van der Waals surface area contributed by atoms with Gasteiger partial charge in [0.15, 0.2) is 6.10 Å². The molecule has 0 aliphatic heterocycles. The lowest BCUT2D eigenvalue weighted by Gasteiger charge is -2.28. The number of hydrogen-bond donors (Lipinski definition) is 2. The molecule has 7 nitrogen and oxygen atoms in total. The van der Waals surface area contributed by atoms with E-state index in [2.05, 4.69) is 9.97 Å². The fraction of sp³-hybridized carbons (Fsp3) is 0.200. The third-order valence-corrected chi connectivity index (χ3v) is 7.50. The maximum atomic E-state index is 12.5. The van der Waals surface area contributed by atoms with E-state index in [1.54, 1.807) is 30.6 Å². The Hall–Kier alpha value is -3.85. The Morgan fingerprint density at radius 1 is 1.05 bits per heavy atom. The van der Waals surface area contributed by atoms with Crippen LogP contribution in [0.5, 0.6) is 0 Å². The third kappa shape index (κ3) is 5.63. The van der Waals surface area contributed by atoms with Gasteiger partial charge in [-0.2, -0.15) is 0 Å². The number of fused-ring (bicyclic) bond motifs is 1. The molecule has 0 saturated carbocycles. The van der Waals surface area contributed by atoms with Crippen molar-refractivity contribution in [3.63, 3.8) is 0 Å². The number of ether oxygens (including phenoxy) is 1. The van der Waals surface area contributed by atoms with Crippen LogP contribution in [-0.4, -0.2) is 31.6 Å². The average Bonchev–Trinajstić information content (AvgIpc) is 3.31. The number of halogens is 1. The molecule has 2 aromatic carbocycles. The Labute approximate surface area is 234 Å². The standard InChI is InChI=1S/C30H26ClN3O4S/c1-16-13-22-27(39-28(34-22)18-11-12-32-21(14-18)19-7-10-23(35)33-15-19)25(17-5-8-20(31)9-6-17)24(16)26(29(36)37)38-30(2,3)4/h5-15,26H,1-4H3,(H,33,35)(H,36,37). The van der Waals surface area contributed by atoms with Crippen molar-refractivity contribution >= 4 is 39.1 Å². The van der Waals surface area contributed by atoms with Crippen molar-refractivity contribution in [2.75, 3.05) is 0 Å². The van der Waals surface area contributed by atoms with E-state index in [4.69, 9.17) is 21.3 Å². The molecule has 3 aromatic heterocycles. The number of rotatable bonds is 6. The molecule has 0 aliphatic carbocycles. The quantitative estimate of drug-likeness (QED) is 0.226. The molecular formula is C30H26ClN3O4S. The number of carboxylic acid groups (broad SMARTS) is 1. The first-order valence-corrected chi connectivity index (χ1v) is 13.5. The van der Waals surface area contributed by atoms with Crippen molar-refractivity contribution in [1.29, 1.82) is 0 Å². The van der Waals surface area contributed by atoms with Crippen LogP contribution in [0.2, 0.25) is 5.02 Å². The number of H-pyrrole nitrogens is 1. The smallest absolute Gasteiger partial charge is 0.337 e. The predicted octanol–water partition coefficient (Wildman–Crippen LogP) is 7.28.